The summed E-state index contributed by atoms with van der Waals surface area (Å²) >= 11 is 7.48. The second kappa shape index (κ2) is 5.92. The Morgan fingerprint density at radius 1 is 1.16 bits per heavy atom. The maximum Gasteiger partial charge on any atom is 0.240 e. The molecule has 0 aliphatic carbocycles. The summed E-state index contributed by atoms with van der Waals surface area (Å²) in [6, 6.07) is 16.7. The third kappa shape index (κ3) is 2.39. The lowest BCUT2D eigenvalue weighted by Crippen LogP contribution is -2.25. The van der Waals surface area contributed by atoms with Crippen LogP contribution in [-0.2, 0) is 0 Å². The van der Waals surface area contributed by atoms with E-state index in [1.165, 1.54) is 0 Å². The van der Waals surface area contributed by atoms with Gasteiger partial charge in [0.25, 0.3) is 0 Å². The van der Waals surface area contributed by atoms with Crippen molar-refractivity contribution in [1.29, 1.82) is 5.26 Å². The van der Waals surface area contributed by atoms with E-state index in [4.69, 9.17) is 22.1 Å². The highest BCUT2D eigenvalue weighted by Gasteiger charge is 2.35. The van der Waals surface area contributed by atoms with Gasteiger partial charge in [0.1, 0.15) is 17.4 Å². The van der Waals surface area contributed by atoms with Crippen molar-refractivity contribution in [2.75, 3.05) is 0 Å². The van der Waals surface area contributed by atoms with Gasteiger partial charge in [-0.05, 0) is 23.8 Å². The molecule has 0 saturated carbocycles. The normalized spacial score (nSPS) is 16.2. The fourth-order valence-electron chi connectivity index (χ4n) is 3.09. The molecule has 1 aliphatic rings. The molecule has 2 heterocycles. The van der Waals surface area contributed by atoms with Gasteiger partial charge in [0.05, 0.1) is 11.5 Å². The Morgan fingerprint density at radius 2 is 1.88 bits per heavy atom. The van der Waals surface area contributed by atoms with E-state index in [9.17, 15) is 10.1 Å². The largest absolute Gasteiger partial charge is 0.439 e. The molecule has 1 aliphatic heterocycles. The molecule has 4 nitrogen and oxygen atoms in total. The van der Waals surface area contributed by atoms with Gasteiger partial charge in [0.15, 0.2) is 0 Å². The molecular weight excluding hydrogens is 356 g/mol. The van der Waals surface area contributed by atoms with Gasteiger partial charge in [-0.3, -0.25) is 4.79 Å². The van der Waals surface area contributed by atoms with Crippen LogP contribution in [0.3, 0.4) is 0 Å². The molecule has 2 aromatic carbocycles. The van der Waals surface area contributed by atoms with Crippen LogP contribution in [0.1, 0.15) is 17.0 Å². The van der Waals surface area contributed by atoms with Crippen LogP contribution in [0.25, 0.3) is 10.1 Å². The summed E-state index contributed by atoms with van der Waals surface area (Å²) in [6.45, 7) is 0. The second-order valence-corrected chi connectivity index (χ2v) is 7.00. The van der Waals surface area contributed by atoms with Gasteiger partial charge in [-0.1, -0.05) is 53.3 Å². The Hall–Kier alpha value is -2.81. The average molecular weight is 367 g/mol. The fraction of sp³-hybridized carbons (Fsp3) is 0.0526. The maximum atomic E-state index is 12.9. The van der Waals surface area contributed by atoms with Crippen LogP contribution in [0, 0.1) is 11.3 Å². The number of fused-ring (bicyclic) bond motifs is 3. The van der Waals surface area contributed by atoms with E-state index in [-0.39, 0.29) is 16.2 Å². The highest BCUT2D eigenvalue weighted by Crippen LogP contribution is 2.45. The number of nitrogens with two attached hydrogens (primary N) is 1. The van der Waals surface area contributed by atoms with Crippen molar-refractivity contribution in [2.45, 2.75) is 5.92 Å². The van der Waals surface area contributed by atoms with E-state index in [2.05, 4.69) is 6.07 Å². The zero-order valence-corrected chi connectivity index (χ0v) is 14.4. The zero-order chi connectivity index (χ0) is 17.6. The molecule has 0 unspecified atom stereocenters. The Bertz CT molecular complexity index is 1140. The van der Waals surface area contributed by atoms with Crippen LogP contribution in [0.15, 0.2) is 64.8 Å². The molecule has 0 bridgehead atoms. The highest BCUT2D eigenvalue weighted by atomic mass is 35.5. The number of nitriles is 1. The molecule has 0 radical (unpaired) electrons. The van der Waals surface area contributed by atoms with Crippen molar-refractivity contribution in [3.8, 4) is 11.8 Å². The second-order valence-electron chi connectivity index (χ2n) is 5.57. The lowest BCUT2D eigenvalue weighted by Gasteiger charge is -2.26. The minimum atomic E-state index is -0.643. The molecule has 0 amide bonds. The van der Waals surface area contributed by atoms with E-state index in [0.29, 0.717) is 21.9 Å². The van der Waals surface area contributed by atoms with E-state index in [1.54, 1.807) is 18.2 Å². The molecule has 0 fully saturated rings. The van der Waals surface area contributed by atoms with Crippen molar-refractivity contribution >= 4 is 33.0 Å². The van der Waals surface area contributed by atoms with Crippen LogP contribution in [0.4, 0.5) is 0 Å². The summed E-state index contributed by atoms with van der Waals surface area (Å²) in [5.74, 6) is -0.239. The Morgan fingerprint density at radius 3 is 2.64 bits per heavy atom. The van der Waals surface area contributed by atoms with Crippen LogP contribution < -0.4 is 15.2 Å². The number of rotatable bonds is 1. The molecule has 4 rings (SSSR count). The molecule has 0 spiro atoms. The number of allylic oxidation sites excluding steroid dienone is 1. The highest BCUT2D eigenvalue weighted by molar-refractivity contribution is 7.16. The number of halogens is 1. The monoisotopic (exact) mass is 366 g/mol. The summed E-state index contributed by atoms with van der Waals surface area (Å²) in [7, 11) is 0. The lowest BCUT2D eigenvalue weighted by molar-refractivity contribution is 0.398. The van der Waals surface area contributed by atoms with Crippen molar-refractivity contribution in [3.63, 3.8) is 0 Å². The van der Waals surface area contributed by atoms with Crippen molar-refractivity contribution in [2.24, 2.45) is 5.73 Å². The van der Waals surface area contributed by atoms with E-state index < -0.39 is 5.92 Å². The molecule has 1 atom stereocenters. The zero-order valence-electron chi connectivity index (χ0n) is 12.8. The first-order chi connectivity index (χ1) is 12.1. The van der Waals surface area contributed by atoms with E-state index in [0.717, 1.165) is 21.4 Å². The summed E-state index contributed by atoms with van der Waals surface area (Å²) in [5, 5.41) is 10.9. The first kappa shape index (κ1) is 15.7. The smallest absolute Gasteiger partial charge is 0.240 e. The summed E-state index contributed by atoms with van der Waals surface area (Å²) < 4.78 is 6.35. The predicted molar refractivity (Wildman–Crippen MR) is 98.8 cm³/mol. The standard InChI is InChI=1S/C19H11ClN2O2S/c20-13-7-3-1-5-10(13)15-12(9-21)18(22)24-17-11-6-2-4-8-14(11)25-19(23)16(15)17/h1-8,15H,22H2/t15-/m1/s1. The summed E-state index contributed by atoms with van der Waals surface area (Å²) in [6.07, 6.45) is 0. The molecule has 6 heteroatoms. The summed E-state index contributed by atoms with van der Waals surface area (Å²) in [5.41, 5.74) is 7.28. The van der Waals surface area contributed by atoms with Gasteiger partial charge >= 0.3 is 0 Å². The third-order valence-corrected chi connectivity index (χ3v) is 5.52. The number of hydrogen-bond acceptors (Lipinski definition) is 5. The first-order valence-corrected chi connectivity index (χ1v) is 8.69. The summed E-state index contributed by atoms with van der Waals surface area (Å²) in [4.78, 5) is 12.9. The lowest BCUT2D eigenvalue weighted by atomic mass is 9.84. The van der Waals surface area contributed by atoms with Crippen LogP contribution >= 0.6 is 22.9 Å². The molecule has 0 saturated heterocycles. The van der Waals surface area contributed by atoms with Crippen molar-refractivity contribution < 1.29 is 4.74 Å². The van der Waals surface area contributed by atoms with Gasteiger partial charge < -0.3 is 10.5 Å². The minimum Gasteiger partial charge on any atom is -0.439 e. The molecule has 122 valence electrons. The van der Waals surface area contributed by atoms with E-state index in [1.807, 2.05) is 30.3 Å². The molecule has 25 heavy (non-hydrogen) atoms. The van der Waals surface area contributed by atoms with Crippen LogP contribution in [0.5, 0.6) is 5.75 Å². The first-order valence-electron chi connectivity index (χ1n) is 7.49. The fourth-order valence-corrected chi connectivity index (χ4v) is 4.27. The predicted octanol–water partition coefficient (Wildman–Crippen LogP) is 4.13. The van der Waals surface area contributed by atoms with E-state index >= 15 is 0 Å². The van der Waals surface area contributed by atoms with Gasteiger partial charge in [-0.15, -0.1) is 0 Å². The Labute approximate surface area is 152 Å². The molecule has 2 N–H and O–H groups in total. The minimum absolute atomic E-state index is 0.000623. The van der Waals surface area contributed by atoms with Gasteiger partial charge in [0, 0.05) is 15.1 Å². The topological polar surface area (TPSA) is 76.1 Å². The van der Waals surface area contributed by atoms with Crippen molar-refractivity contribution in [3.05, 3.63) is 85.7 Å². The Kier molecular flexibility index (Phi) is 3.72. The van der Waals surface area contributed by atoms with Crippen molar-refractivity contribution in [1.82, 2.24) is 0 Å². The van der Waals surface area contributed by atoms with Crippen LogP contribution in [-0.4, -0.2) is 0 Å². The number of ether oxygens (including phenoxy) is 1. The maximum absolute atomic E-state index is 12.9. The molecule has 1 aromatic heterocycles. The SMILES string of the molecule is N#CC1=C(N)Oc2c(c(=O)sc3ccccc23)[C@@H]1c1ccccc1Cl. The quantitative estimate of drug-likeness (QED) is 0.702. The van der Waals surface area contributed by atoms with Crippen LogP contribution in [0.2, 0.25) is 5.02 Å². The van der Waals surface area contributed by atoms with Gasteiger partial charge in [-0.25, -0.2) is 0 Å². The number of hydrogen-bond donors (Lipinski definition) is 1. The van der Waals surface area contributed by atoms with Gasteiger partial charge in [-0.2, -0.15) is 5.26 Å². The number of nitrogens with zero attached hydrogens (tertiary/aromatic N) is 1. The third-order valence-electron chi connectivity index (χ3n) is 4.19. The number of benzene rings is 2. The molecule has 3 aromatic rings. The van der Waals surface area contributed by atoms with Gasteiger partial charge in [0.2, 0.25) is 10.6 Å². The average Bonchev–Trinajstić information content (AvgIpc) is 2.61. The molecular formula is C19H11ClN2O2S. The Balaban J connectivity index is 2.12.